The summed E-state index contributed by atoms with van der Waals surface area (Å²) in [7, 11) is 0. The van der Waals surface area contributed by atoms with E-state index in [4.69, 9.17) is 4.42 Å². The number of hydrogen-bond donors (Lipinski definition) is 0. The van der Waals surface area contributed by atoms with Crippen LogP contribution >= 0.6 is 0 Å². The summed E-state index contributed by atoms with van der Waals surface area (Å²) in [5.74, 6) is 0.633. The van der Waals surface area contributed by atoms with Crippen LogP contribution in [0.25, 0.3) is 11.5 Å². The van der Waals surface area contributed by atoms with Gasteiger partial charge in [-0.1, -0.05) is 18.2 Å². The first kappa shape index (κ1) is 7.10. The lowest BCUT2D eigenvalue weighted by Crippen LogP contribution is -1.81. The van der Waals surface area contributed by atoms with Crippen LogP contribution in [0.5, 0.6) is 0 Å². The fourth-order valence-corrected chi connectivity index (χ4v) is 1.10. The van der Waals surface area contributed by atoms with Gasteiger partial charge in [-0.25, -0.2) is 4.98 Å². The zero-order chi connectivity index (χ0) is 8.39. The Kier molecular flexibility index (Phi) is 1.67. The van der Waals surface area contributed by atoms with Gasteiger partial charge in [-0.05, 0) is 18.6 Å². The van der Waals surface area contributed by atoms with Gasteiger partial charge in [-0.3, -0.25) is 0 Å². The molecule has 0 N–H and O–H groups in total. The van der Waals surface area contributed by atoms with Crippen molar-refractivity contribution in [1.29, 1.82) is 0 Å². The van der Waals surface area contributed by atoms with Crippen molar-refractivity contribution in [2.45, 2.75) is 6.92 Å². The summed E-state index contributed by atoms with van der Waals surface area (Å²) in [5, 5.41) is 0. The summed E-state index contributed by atoms with van der Waals surface area (Å²) in [6.07, 6.45) is 3.20. The average molecular weight is 158 g/mol. The van der Waals surface area contributed by atoms with Gasteiger partial charge >= 0.3 is 0 Å². The molecule has 2 rings (SSSR count). The van der Waals surface area contributed by atoms with Crippen LogP contribution in [0.15, 0.2) is 35.1 Å². The quantitative estimate of drug-likeness (QED) is 0.637. The molecule has 0 bridgehead atoms. The molecule has 0 aliphatic rings. The maximum absolute atomic E-state index is 5.16. The van der Waals surface area contributed by atoms with E-state index in [2.05, 4.69) is 11.1 Å². The van der Waals surface area contributed by atoms with E-state index < -0.39 is 0 Å². The SMILES string of the molecule is Cc1ccc[c]c1-c1ncco1. The Morgan fingerprint density at radius 3 is 3.08 bits per heavy atom. The molecule has 0 saturated carbocycles. The highest BCUT2D eigenvalue weighted by Gasteiger charge is 2.03. The van der Waals surface area contributed by atoms with Crippen LogP contribution in [-0.2, 0) is 0 Å². The Balaban J connectivity index is 2.55. The Hall–Kier alpha value is -1.57. The summed E-state index contributed by atoms with van der Waals surface area (Å²) < 4.78 is 5.16. The molecule has 1 heterocycles. The van der Waals surface area contributed by atoms with Gasteiger partial charge in [0, 0.05) is 5.56 Å². The second-order valence-corrected chi connectivity index (χ2v) is 2.57. The molecule has 0 unspecified atom stereocenters. The number of rotatable bonds is 1. The zero-order valence-electron chi connectivity index (χ0n) is 6.74. The molecule has 1 aromatic carbocycles. The topological polar surface area (TPSA) is 26.0 Å². The third kappa shape index (κ3) is 1.11. The molecule has 2 heteroatoms. The van der Waals surface area contributed by atoms with Crippen molar-refractivity contribution in [3.8, 4) is 11.5 Å². The lowest BCUT2D eigenvalue weighted by molar-refractivity contribution is 0.574. The van der Waals surface area contributed by atoms with E-state index in [0.717, 1.165) is 11.1 Å². The Bertz CT molecular complexity index is 365. The average Bonchev–Trinajstić information content (AvgIpc) is 2.57. The first-order valence-electron chi connectivity index (χ1n) is 3.75. The van der Waals surface area contributed by atoms with Crippen LogP contribution in [-0.4, -0.2) is 4.98 Å². The maximum Gasteiger partial charge on any atom is 0.226 e. The maximum atomic E-state index is 5.16. The lowest BCUT2D eigenvalue weighted by atomic mass is 10.1. The molecule has 2 nitrogen and oxygen atoms in total. The standard InChI is InChI=1S/C10H8NO/c1-8-4-2-3-5-9(8)10-11-6-7-12-10/h2-4,6-7H,1H3. The predicted octanol–water partition coefficient (Wildman–Crippen LogP) is 2.45. The Labute approximate surface area is 70.9 Å². The van der Waals surface area contributed by atoms with E-state index in [1.54, 1.807) is 12.5 Å². The minimum Gasteiger partial charge on any atom is -0.444 e. The largest absolute Gasteiger partial charge is 0.444 e. The molecule has 0 saturated heterocycles. The molecule has 0 fully saturated rings. The van der Waals surface area contributed by atoms with Crippen molar-refractivity contribution < 1.29 is 4.42 Å². The first-order chi connectivity index (χ1) is 5.88. The van der Waals surface area contributed by atoms with Gasteiger partial charge in [0.2, 0.25) is 5.89 Å². The van der Waals surface area contributed by atoms with E-state index in [1.807, 2.05) is 25.1 Å². The van der Waals surface area contributed by atoms with Crippen LogP contribution in [0.3, 0.4) is 0 Å². The molecule has 1 aromatic heterocycles. The predicted molar refractivity (Wildman–Crippen MR) is 45.5 cm³/mol. The fraction of sp³-hybridized carbons (Fsp3) is 0.100. The number of benzene rings is 1. The van der Waals surface area contributed by atoms with Gasteiger partial charge in [0.1, 0.15) is 6.26 Å². The monoisotopic (exact) mass is 158 g/mol. The van der Waals surface area contributed by atoms with Crippen LogP contribution in [0.2, 0.25) is 0 Å². The smallest absolute Gasteiger partial charge is 0.226 e. The van der Waals surface area contributed by atoms with Crippen molar-refractivity contribution in [1.82, 2.24) is 4.98 Å². The number of aromatic nitrogens is 1. The van der Waals surface area contributed by atoms with Gasteiger partial charge in [-0.15, -0.1) is 0 Å². The highest BCUT2D eigenvalue weighted by atomic mass is 16.3. The normalized spacial score (nSPS) is 10.1. The molecular formula is C10H8NO. The molecule has 0 aliphatic heterocycles. The molecule has 12 heavy (non-hydrogen) atoms. The summed E-state index contributed by atoms with van der Waals surface area (Å²) in [6, 6.07) is 8.89. The molecule has 59 valence electrons. The minimum atomic E-state index is 0.633. The molecule has 0 atom stereocenters. The van der Waals surface area contributed by atoms with E-state index in [0.29, 0.717) is 5.89 Å². The Morgan fingerprint density at radius 2 is 2.42 bits per heavy atom. The lowest BCUT2D eigenvalue weighted by Gasteiger charge is -1.97. The molecule has 0 spiro atoms. The fourth-order valence-electron chi connectivity index (χ4n) is 1.10. The minimum absolute atomic E-state index is 0.633. The molecule has 1 radical (unpaired) electrons. The molecular weight excluding hydrogens is 150 g/mol. The number of oxazole rings is 1. The van der Waals surface area contributed by atoms with E-state index >= 15 is 0 Å². The van der Waals surface area contributed by atoms with Crippen molar-refractivity contribution in [2.24, 2.45) is 0 Å². The number of nitrogens with zero attached hydrogens (tertiary/aromatic N) is 1. The highest BCUT2D eigenvalue weighted by molar-refractivity contribution is 5.56. The van der Waals surface area contributed by atoms with Gasteiger partial charge in [0.15, 0.2) is 0 Å². The van der Waals surface area contributed by atoms with Crippen molar-refractivity contribution in [3.63, 3.8) is 0 Å². The van der Waals surface area contributed by atoms with Crippen LogP contribution in [0.4, 0.5) is 0 Å². The second-order valence-electron chi connectivity index (χ2n) is 2.57. The summed E-state index contributed by atoms with van der Waals surface area (Å²) in [4.78, 5) is 4.05. The van der Waals surface area contributed by atoms with Gasteiger partial charge in [0.25, 0.3) is 0 Å². The Morgan fingerprint density at radius 1 is 1.50 bits per heavy atom. The number of aryl methyl sites for hydroxylation is 1. The third-order valence-electron chi connectivity index (χ3n) is 1.71. The molecule has 2 aromatic rings. The molecule has 0 amide bonds. The zero-order valence-corrected chi connectivity index (χ0v) is 6.74. The van der Waals surface area contributed by atoms with E-state index in [1.165, 1.54) is 0 Å². The van der Waals surface area contributed by atoms with Gasteiger partial charge in [-0.2, -0.15) is 0 Å². The first-order valence-corrected chi connectivity index (χ1v) is 3.75. The van der Waals surface area contributed by atoms with Crippen molar-refractivity contribution in [3.05, 3.63) is 42.3 Å². The second kappa shape index (κ2) is 2.81. The van der Waals surface area contributed by atoms with Gasteiger partial charge in [0.05, 0.1) is 6.20 Å². The summed E-state index contributed by atoms with van der Waals surface area (Å²) in [6.45, 7) is 2.01. The van der Waals surface area contributed by atoms with Crippen LogP contribution < -0.4 is 0 Å². The van der Waals surface area contributed by atoms with Crippen molar-refractivity contribution >= 4 is 0 Å². The number of hydrogen-bond acceptors (Lipinski definition) is 2. The van der Waals surface area contributed by atoms with Gasteiger partial charge < -0.3 is 4.42 Å². The van der Waals surface area contributed by atoms with Crippen molar-refractivity contribution in [2.75, 3.05) is 0 Å². The van der Waals surface area contributed by atoms with E-state index in [9.17, 15) is 0 Å². The van der Waals surface area contributed by atoms with Crippen LogP contribution in [0, 0.1) is 13.0 Å². The van der Waals surface area contributed by atoms with Crippen LogP contribution in [0.1, 0.15) is 5.56 Å². The molecule has 0 aliphatic carbocycles. The highest BCUT2D eigenvalue weighted by Crippen LogP contribution is 2.19. The summed E-state index contributed by atoms with van der Waals surface area (Å²) >= 11 is 0. The summed E-state index contributed by atoms with van der Waals surface area (Å²) in [5.41, 5.74) is 2.06. The van der Waals surface area contributed by atoms with E-state index in [-0.39, 0.29) is 0 Å². The third-order valence-corrected chi connectivity index (χ3v) is 1.71.